The van der Waals surface area contributed by atoms with E-state index in [4.69, 9.17) is 5.73 Å². The van der Waals surface area contributed by atoms with Crippen LogP contribution in [0.1, 0.15) is 11.3 Å². The summed E-state index contributed by atoms with van der Waals surface area (Å²) in [6.45, 7) is 0. The second-order valence-electron chi connectivity index (χ2n) is 6.23. The van der Waals surface area contributed by atoms with Gasteiger partial charge in [-0.25, -0.2) is 9.37 Å². The van der Waals surface area contributed by atoms with Crippen LogP contribution in [-0.2, 0) is 6.42 Å². The number of hydrogen-bond acceptors (Lipinski definition) is 4. The van der Waals surface area contributed by atoms with E-state index < -0.39 is 0 Å². The molecule has 0 bridgehead atoms. The van der Waals surface area contributed by atoms with E-state index in [0.717, 1.165) is 27.7 Å². The van der Waals surface area contributed by atoms with Crippen LogP contribution in [0.15, 0.2) is 60.8 Å². The Morgan fingerprint density at radius 1 is 1.04 bits per heavy atom. The van der Waals surface area contributed by atoms with Gasteiger partial charge in [-0.15, -0.1) is 0 Å². The maximum absolute atomic E-state index is 13.7. The third-order valence-corrected chi connectivity index (χ3v) is 4.53. The van der Waals surface area contributed by atoms with Crippen molar-refractivity contribution in [2.45, 2.75) is 6.42 Å². The van der Waals surface area contributed by atoms with Crippen molar-refractivity contribution in [3.8, 4) is 0 Å². The molecule has 5 rings (SSSR count). The molecule has 0 fully saturated rings. The Balaban J connectivity index is 1.69. The Kier molecular flexibility index (Phi) is 3.12. The summed E-state index contributed by atoms with van der Waals surface area (Å²) in [6, 6.07) is 16.4. The fourth-order valence-electron chi connectivity index (χ4n) is 3.37. The summed E-state index contributed by atoms with van der Waals surface area (Å²) < 4.78 is 15.3. The van der Waals surface area contributed by atoms with Gasteiger partial charge in [-0.05, 0) is 35.9 Å². The van der Waals surface area contributed by atoms with Gasteiger partial charge < -0.3 is 5.73 Å². The Morgan fingerprint density at radius 3 is 2.85 bits per heavy atom. The molecule has 2 N–H and O–H groups in total. The number of nitrogens with zero attached hydrogens (tertiary/aromatic N) is 4. The minimum atomic E-state index is -0.313. The maximum atomic E-state index is 13.7. The Bertz CT molecular complexity index is 1290. The zero-order valence-corrected chi connectivity index (χ0v) is 13.7. The van der Waals surface area contributed by atoms with Gasteiger partial charge in [0.2, 0.25) is 5.95 Å². The zero-order chi connectivity index (χ0) is 17.7. The van der Waals surface area contributed by atoms with E-state index in [2.05, 4.69) is 15.1 Å². The Labute approximate surface area is 147 Å². The lowest BCUT2D eigenvalue weighted by atomic mass is 10.1. The molecule has 0 spiro atoms. The van der Waals surface area contributed by atoms with E-state index >= 15 is 0 Å². The summed E-state index contributed by atoms with van der Waals surface area (Å²) in [4.78, 5) is 8.80. The minimum absolute atomic E-state index is 0.279. The number of benzene rings is 2. The molecule has 0 unspecified atom stereocenters. The molecule has 0 aliphatic carbocycles. The number of aromatic nitrogens is 4. The molecule has 0 saturated heterocycles. The Morgan fingerprint density at radius 2 is 1.92 bits per heavy atom. The van der Waals surface area contributed by atoms with Crippen LogP contribution in [0.2, 0.25) is 0 Å². The summed E-state index contributed by atoms with van der Waals surface area (Å²) in [5.41, 5.74) is 10.3. The van der Waals surface area contributed by atoms with Crippen LogP contribution in [0.25, 0.3) is 27.3 Å². The van der Waals surface area contributed by atoms with Gasteiger partial charge in [0.25, 0.3) is 0 Å². The first-order chi connectivity index (χ1) is 12.7. The number of rotatable bonds is 2. The first-order valence-corrected chi connectivity index (χ1v) is 8.25. The number of nitrogen functional groups attached to an aromatic ring is 1. The second kappa shape index (κ2) is 5.49. The topological polar surface area (TPSA) is 69.1 Å². The molecule has 126 valence electrons. The zero-order valence-electron chi connectivity index (χ0n) is 13.7. The van der Waals surface area contributed by atoms with Gasteiger partial charge in [-0.2, -0.15) is 9.61 Å². The number of anilines is 1. The summed E-state index contributed by atoms with van der Waals surface area (Å²) in [5.74, 6) is -0.0339. The quantitative estimate of drug-likeness (QED) is 0.530. The van der Waals surface area contributed by atoms with E-state index in [0.29, 0.717) is 17.3 Å². The van der Waals surface area contributed by atoms with Crippen molar-refractivity contribution >= 4 is 33.3 Å². The van der Waals surface area contributed by atoms with Crippen molar-refractivity contribution in [1.82, 2.24) is 19.6 Å². The summed E-state index contributed by atoms with van der Waals surface area (Å²) in [7, 11) is 0. The molecule has 0 amide bonds. The van der Waals surface area contributed by atoms with Gasteiger partial charge in [0.1, 0.15) is 5.82 Å². The molecule has 26 heavy (non-hydrogen) atoms. The van der Waals surface area contributed by atoms with E-state index in [1.165, 1.54) is 12.1 Å². The molecule has 2 aromatic carbocycles. The molecular formula is C20H14FN5. The van der Waals surface area contributed by atoms with E-state index in [1.807, 2.05) is 36.4 Å². The highest BCUT2D eigenvalue weighted by atomic mass is 19.1. The number of pyridine rings is 1. The molecule has 5 aromatic rings. The van der Waals surface area contributed by atoms with Gasteiger partial charge in [0.15, 0.2) is 0 Å². The predicted octanol–water partition coefficient (Wildman–Crippen LogP) is 3.74. The molecule has 0 aliphatic rings. The van der Waals surface area contributed by atoms with Crippen LogP contribution in [0.3, 0.4) is 0 Å². The summed E-state index contributed by atoms with van der Waals surface area (Å²) in [6.07, 6.45) is 2.39. The SMILES string of the molecule is Nc1nc2ccc(F)cc2c2cc(Cc3cccc4cccnc34)nn12. The molecule has 3 heterocycles. The van der Waals surface area contributed by atoms with Gasteiger partial charge in [0, 0.05) is 23.4 Å². The number of fused-ring (bicyclic) bond motifs is 4. The second-order valence-corrected chi connectivity index (χ2v) is 6.23. The van der Waals surface area contributed by atoms with Crippen molar-refractivity contribution in [3.05, 3.63) is 77.9 Å². The normalized spacial score (nSPS) is 11.6. The minimum Gasteiger partial charge on any atom is -0.368 e. The van der Waals surface area contributed by atoms with Crippen molar-refractivity contribution < 1.29 is 4.39 Å². The van der Waals surface area contributed by atoms with Crippen LogP contribution < -0.4 is 5.73 Å². The average Bonchev–Trinajstić information content (AvgIpc) is 3.08. The number of halogens is 1. The highest BCUT2D eigenvalue weighted by molar-refractivity contribution is 5.94. The van der Waals surface area contributed by atoms with Crippen molar-refractivity contribution in [1.29, 1.82) is 0 Å². The molecular weight excluding hydrogens is 329 g/mol. The highest BCUT2D eigenvalue weighted by Crippen LogP contribution is 2.25. The van der Waals surface area contributed by atoms with E-state index in [1.54, 1.807) is 16.8 Å². The lowest BCUT2D eigenvalue weighted by molar-refractivity contribution is 0.629. The predicted molar refractivity (Wildman–Crippen MR) is 99.4 cm³/mol. The van der Waals surface area contributed by atoms with Crippen LogP contribution >= 0.6 is 0 Å². The lowest BCUT2D eigenvalue weighted by Crippen LogP contribution is -2.03. The van der Waals surface area contributed by atoms with Gasteiger partial charge in [0.05, 0.1) is 22.2 Å². The van der Waals surface area contributed by atoms with Crippen molar-refractivity contribution in [2.24, 2.45) is 0 Å². The molecule has 0 radical (unpaired) electrons. The third-order valence-electron chi connectivity index (χ3n) is 4.53. The van der Waals surface area contributed by atoms with Crippen molar-refractivity contribution in [2.75, 3.05) is 5.73 Å². The molecule has 0 atom stereocenters. The third kappa shape index (κ3) is 2.27. The maximum Gasteiger partial charge on any atom is 0.222 e. The van der Waals surface area contributed by atoms with E-state index in [9.17, 15) is 4.39 Å². The lowest BCUT2D eigenvalue weighted by Gasteiger charge is -2.03. The monoisotopic (exact) mass is 343 g/mol. The fourth-order valence-corrected chi connectivity index (χ4v) is 3.37. The van der Waals surface area contributed by atoms with Crippen molar-refractivity contribution in [3.63, 3.8) is 0 Å². The summed E-state index contributed by atoms with van der Waals surface area (Å²) in [5, 5.41) is 6.35. The van der Waals surface area contributed by atoms with Crippen LogP contribution in [0.5, 0.6) is 0 Å². The van der Waals surface area contributed by atoms with E-state index in [-0.39, 0.29) is 11.8 Å². The molecule has 0 saturated carbocycles. The fraction of sp³-hybridized carbons (Fsp3) is 0.0500. The van der Waals surface area contributed by atoms with Gasteiger partial charge in [-0.3, -0.25) is 4.98 Å². The van der Waals surface area contributed by atoms with Gasteiger partial charge >= 0.3 is 0 Å². The van der Waals surface area contributed by atoms with Crippen LogP contribution in [-0.4, -0.2) is 19.6 Å². The molecule has 5 nitrogen and oxygen atoms in total. The Hall–Kier alpha value is -3.54. The number of nitrogens with two attached hydrogens (primary N) is 1. The summed E-state index contributed by atoms with van der Waals surface area (Å²) >= 11 is 0. The smallest absolute Gasteiger partial charge is 0.222 e. The largest absolute Gasteiger partial charge is 0.368 e. The van der Waals surface area contributed by atoms with Crippen LogP contribution in [0, 0.1) is 5.82 Å². The highest BCUT2D eigenvalue weighted by Gasteiger charge is 2.12. The first kappa shape index (κ1) is 14.8. The number of para-hydroxylation sites is 1. The average molecular weight is 343 g/mol. The molecule has 3 aromatic heterocycles. The first-order valence-electron chi connectivity index (χ1n) is 8.25. The van der Waals surface area contributed by atoms with Crippen LogP contribution in [0.4, 0.5) is 10.3 Å². The number of hydrogen-bond donors (Lipinski definition) is 1. The molecule has 0 aliphatic heterocycles. The standard InChI is InChI=1S/C20H14FN5/c21-14-6-7-17-16(10-14)18-11-15(25-26(18)20(22)24-17)9-13-4-1-3-12-5-2-8-23-19(12)13/h1-8,10-11H,9H2,(H2,22,24). The van der Waals surface area contributed by atoms with Gasteiger partial charge in [-0.1, -0.05) is 24.3 Å². The molecule has 6 heteroatoms.